The van der Waals surface area contributed by atoms with E-state index in [2.05, 4.69) is 6.58 Å². The van der Waals surface area contributed by atoms with Gasteiger partial charge in [0.15, 0.2) is 5.78 Å². The lowest BCUT2D eigenvalue weighted by molar-refractivity contribution is -0.242. The Morgan fingerprint density at radius 1 is 1.12 bits per heavy atom. The van der Waals surface area contributed by atoms with Crippen molar-refractivity contribution in [3.05, 3.63) is 42.0 Å². The second-order valence-corrected chi connectivity index (χ2v) is 5.26. The van der Waals surface area contributed by atoms with Crippen LogP contribution in [0.3, 0.4) is 0 Å². The molecule has 138 valence electrons. The quantitative estimate of drug-likeness (QED) is 0.189. The van der Waals surface area contributed by atoms with Crippen molar-refractivity contribution in [3.63, 3.8) is 0 Å². The summed E-state index contributed by atoms with van der Waals surface area (Å²) < 4.78 is 21.3. The SMILES string of the molecule is C=C(C)C(=O)OCCCC(=O)c1ccccc1OC(OCC)OCC. The Balaban J connectivity index is 2.63. The fourth-order valence-corrected chi connectivity index (χ4v) is 1.95. The van der Waals surface area contributed by atoms with Gasteiger partial charge in [-0.2, -0.15) is 0 Å². The topological polar surface area (TPSA) is 71.1 Å². The van der Waals surface area contributed by atoms with Gasteiger partial charge in [0.05, 0.1) is 25.4 Å². The average molecular weight is 350 g/mol. The number of rotatable bonds is 12. The fourth-order valence-electron chi connectivity index (χ4n) is 1.95. The first-order valence-corrected chi connectivity index (χ1v) is 8.34. The van der Waals surface area contributed by atoms with Crippen molar-refractivity contribution < 1.29 is 28.5 Å². The molecule has 1 rings (SSSR count). The number of carbonyl (C=O) groups excluding carboxylic acids is 2. The van der Waals surface area contributed by atoms with Crippen molar-refractivity contribution in [1.82, 2.24) is 0 Å². The summed E-state index contributed by atoms with van der Waals surface area (Å²) >= 11 is 0. The molecule has 0 saturated carbocycles. The van der Waals surface area contributed by atoms with Crippen molar-refractivity contribution in [2.75, 3.05) is 19.8 Å². The van der Waals surface area contributed by atoms with Crippen LogP contribution in [0.25, 0.3) is 0 Å². The largest absolute Gasteiger partial charge is 0.462 e. The summed E-state index contributed by atoms with van der Waals surface area (Å²) in [7, 11) is 0. The van der Waals surface area contributed by atoms with E-state index in [-0.39, 0.29) is 18.8 Å². The monoisotopic (exact) mass is 350 g/mol. The van der Waals surface area contributed by atoms with E-state index in [0.717, 1.165) is 0 Å². The van der Waals surface area contributed by atoms with E-state index in [1.807, 2.05) is 13.8 Å². The lowest BCUT2D eigenvalue weighted by atomic mass is 10.1. The summed E-state index contributed by atoms with van der Waals surface area (Å²) in [5.74, 6) is -0.153. The number of Topliss-reactive ketones (excluding diaryl/α,β-unsaturated/α-hetero) is 1. The molecule has 1 aromatic carbocycles. The molecule has 0 aliphatic heterocycles. The number of ether oxygens (including phenoxy) is 4. The molecular weight excluding hydrogens is 324 g/mol. The molecule has 0 bridgehead atoms. The predicted octanol–water partition coefficient (Wildman–Crippen LogP) is 3.50. The maximum Gasteiger partial charge on any atom is 0.333 e. The second-order valence-electron chi connectivity index (χ2n) is 5.26. The number of para-hydroxylation sites is 1. The van der Waals surface area contributed by atoms with Crippen LogP contribution in [-0.4, -0.2) is 38.0 Å². The molecule has 6 heteroatoms. The van der Waals surface area contributed by atoms with Crippen LogP contribution in [0, 0.1) is 0 Å². The van der Waals surface area contributed by atoms with Gasteiger partial charge in [0, 0.05) is 12.0 Å². The smallest absolute Gasteiger partial charge is 0.333 e. The van der Waals surface area contributed by atoms with E-state index in [0.29, 0.717) is 36.5 Å². The molecule has 0 aliphatic rings. The number of hydrogen-bond donors (Lipinski definition) is 0. The van der Waals surface area contributed by atoms with Crippen LogP contribution in [0.2, 0.25) is 0 Å². The first-order chi connectivity index (χ1) is 12.0. The minimum absolute atomic E-state index is 0.103. The lowest BCUT2D eigenvalue weighted by Crippen LogP contribution is -2.25. The Hall–Kier alpha value is -2.18. The summed E-state index contributed by atoms with van der Waals surface area (Å²) in [5, 5.41) is 0. The first kappa shape index (κ1) is 20.9. The Bertz CT molecular complexity index is 575. The van der Waals surface area contributed by atoms with Crippen LogP contribution in [0.15, 0.2) is 36.4 Å². The highest BCUT2D eigenvalue weighted by Crippen LogP contribution is 2.22. The molecule has 0 atom stereocenters. The van der Waals surface area contributed by atoms with Crippen LogP contribution < -0.4 is 4.74 Å². The molecular formula is C19H26O6. The van der Waals surface area contributed by atoms with Crippen molar-refractivity contribution in [2.24, 2.45) is 0 Å². The maximum atomic E-state index is 12.4. The molecule has 0 N–H and O–H groups in total. The molecule has 0 heterocycles. The van der Waals surface area contributed by atoms with Gasteiger partial charge in [0.25, 0.3) is 0 Å². The zero-order valence-electron chi connectivity index (χ0n) is 15.1. The van der Waals surface area contributed by atoms with E-state index < -0.39 is 12.4 Å². The van der Waals surface area contributed by atoms with E-state index in [1.54, 1.807) is 31.2 Å². The number of hydrogen-bond acceptors (Lipinski definition) is 6. The van der Waals surface area contributed by atoms with Gasteiger partial charge < -0.3 is 18.9 Å². The van der Waals surface area contributed by atoms with Gasteiger partial charge in [0.1, 0.15) is 5.75 Å². The molecule has 0 fully saturated rings. The molecule has 0 unspecified atom stereocenters. The highest BCUT2D eigenvalue weighted by atomic mass is 16.8. The zero-order valence-corrected chi connectivity index (χ0v) is 15.1. The van der Waals surface area contributed by atoms with Gasteiger partial charge in [0.2, 0.25) is 0 Å². The number of carbonyl (C=O) groups is 2. The van der Waals surface area contributed by atoms with Crippen LogP contribution >= 0.6 is 0 Å². The molecule has 0 spiro atoms. The minimum atomic E-state index is -0.861. The maximum absolute atomic E-state index is 12.4. The molecule has 0 aliphatic carbocycles. The average Bonchev–Trinajstić information content (AvgIpc) is 2.59. The molecule has 0 amide bonds. The summed E-state index contributed by atoms with van der Waals surface area (Å²) in [4.78, 5) is 23.7. The summed E-state index contributed by atoms with van der Waals surface area (Å²) in [6, 6.07) is 6.92. The van der Waals surface area contributed by atoms with Crippen LogP contribution in [-0.2, 0) is 19.0 Å². The Morgan fingerprint density at radius 2 is 1.76 bits per heavy atom. The van der Waals surface area contributed by atoms with Gasteiger partial charge in [-0.3, -0.25) is 4.79 Å². The van der Waals surface area contributed by atoms with Crippen molar-refractivity contribution in [2.45, 2.75) is 40.1 Å². The van der Waals surface area contributed by atoms with E-state index in [9.17, 15) is 9.59 Å². The Morgan fingerprint density at radius 3 is 2.36 bits per heavy atom. The Labute approximate surface area is 148 Å². The lowest BCUT2D eigenvalue weighted by Gasteiger charge is -2.19. The van der Waals surface area contributed by atoms with Crippen molar-refractivity contribution >= 4 is 11.8 Å². The van der Waals surface area contributed by atoms with Crippen molar-refractivity contribution in [3.8, 4) is 5.75 Å². The zero-order chi connectivity index (χ0) is 18.7. The van der Waals surface area contributed by atoms with Gasteiger partial charge in [-0.05, 0) is 39.3 Å². The number of esters is 1. The highest BCUT2D eigenvalue weighted by Gasteiger charge is 2.17. The molecule has 0 saturated heterocycles. The third-order valence-electron chi connectivity index (χ3n) is 3.15. The normalized spacial score (nSPS) is 10.6. The third kappa shape index (κ3) is 7.49. The predicted molar refractivity (Wildman–Crippen MR) is 93.4 cm³/mol. The fraction of sp³-hybridized carbons (Fsp3) is 0.474. The van der Waals surface area contributed by atoms with Gasteiger partial charge >= 0.3 is 12.4 Å². The molecule has 0 radical (unpaired) electrons. The minimum Gasteiger partial charge on any atom is -0.462 e. The van der Waals surface area contributed by atoms with Crippen LogP contribution in [0.4, 0.5) is 0 Å². The summed E-state index contributed by atoms with van der Waals surface area (Å²) in [6.07, 6.45) is 0.657. The van der Waals surface area contributed by atoms with Crippen molar-refractivity contribution in [1.29, 1.82) is 0 Å². The molecule has 25 heavy (non-hydrogen) atoms. The van der Waals surface area contributed by atoms with Gasteiger partial charge in [-0.25, -0.2) is 4.79 Å². The standard InChI is InChI=1S/C19H26O6/c1-5-22-19(23-6-2)25-17-12-8-7-10-15(17)16(20)11-9-13-24-18(21)14(3)4/h7-8,10,12,19H,3,5-6,9,11,13H2,1-2,4H3. The molecule has 6 nitrogen and oxygen atoms in total. The van der Waals surface area contributed by atoms with E-state index >= 15 is 0 Å². The van der Waals surface area contributed by atoms with Gasteiger partial charge in [-0.15, -0.1) is 0 Å². The van der Waals surface area contributed by atoms with E-state index in [4.69, 9.17) is 18.9 Å². The molecule has 0 aromatic heterocycles. The number of benzene rings is 1. The molecule has 1 aromatic rings. The second kappa shape index (κ2) is 11.4. The summed E-state index contributed by atoms with van der Waals surface area (Å²) in [5.41, 5.74) is 0.779. The Kier molecular flexibility index (Phi) is 9.50. The van der Waals surface area contributed by atoms with Crippen LogP contribution in [0.1, 0.15) is 44.0 Å². The van der Waals surface area contributed by atoms with E-state index in [1.165, 1.54) is 0 Å². The third-order valence-corrected chi connectivity index (χ3v) is 3.15. The van der Waals surface area contributed by atoms with Gasteiger partial charge in [-0.1, -0.05) is 18.7 Å². The first-order valence-electron chi connectivity index (χ1n) is 8.34. The summed E-state index contributed by atoms with van der Waals surface area (Å²) in [6.45, 7) is 8.90. The number of ketones is 1. The van der Waals surface area contributed by atoms with Crippen LogP contribution in [0.5, 0.6) is 5.75 Å². The highest BCUT2D eigenvalue weighted by molar-refractivity contribution is 5.98.